The van der Waals surface area contributed by atoms with E-state index in [0.717, 1.165) is 9.04 Å². The van der Waals surface area contributed by atoms with Gasteiger partial charge < -0.3 is 15.0 Å². The maximum Gasteiger partial charge on any atom is 0.355 e. The summed E-state index contributed by atoms with van der Waals surface area (Å²) in [5.74, 6) is 0.398. The van der Waals surface area contributed by atoms with Gasteiger partial charge in [-0.2, -0.15) is 0 Å². The molecule has 3 rings (SSSR count). The SMILES string of the molecule is COC(=O)c1cc(C(=O)c2c(-c3ccccc3Br)noc2C)cn1C#CC(N)=O. The zero-order chi connectivity index (χ0) is 21.1. The maximum absolute atomic E-state index is 13.2. The van der Waals surface area contributed by atoms with Crippen LogP contribution in [0.5, 0.6) is 0 Å². The molecule has 0 bridgehead atoms. The van der Waals surface area contributed by atoms with E-state index >= 15 is 0 Å². The number of benzene rings is 1. The van der Waals surface area contributed by atoms with E-state index in [0.29, 0.717) is 17.0 Å². The van der Waals surface area contributed by atoms with Gasteiger partial charge in [0.25, 0.3) is 5.91 Å². The molecule has 2 N–H and O–H groups in total. The van der Waals surface area contributed by atoms with Gasteiger partial charge in [0.1, 0.15) is 17.1 Å². The van der Waals surface area contributed by atoms with Crippen LogP contribution in [0.15, 0.2) is 45.5 Å². The number of primary amides is 1. The predicted molar refractivity (Wildman–Crippen MR) is 106 cm³/mol. The fourth-order valence-electron chi connectivity index (χ4n) is 2.68. The Balaban J connectivity index is 2.12. The standard InChI is InChI=1S/C20H14BrN3O5/c1-11-17(18(23-29-11)13-5-3-4-6-14(13)21)19(26)12-9-15(20(27)28-2)24(10-12)8-7-16(22)25/h3-6,9-10H,1-2H3,(H2,22,25). The van der Waals surface area contributed by atoms with Gasteiger partial charge in [-0.05, 0) is 19.1 Å². The quantitative estimate of drug-likeness (QED) is 0.366. The zero-order valence-corrected chi connectivity index (χ0v) is 16.9. The third-order valence-electron chi connectivity index (χ3n) is 3.99. The number of hydrogen-bond acceptors (Lipinski definition) is 6. The Kier molecular flexibility index (Phi) is 5.66. The van der Waals surface area contributed by atoms with Gasteiger partial charge in [0.05, 0.1) is 12.7 Å². The molecular formula is C20H14BrN3O5. The molecular weight excluding hydrogens is 442 g/mol. The highest BCUT2D eigenvalue weighted by molar-refractivity contribution is 9.10. The van der Waals surface area contributed by atoms with Gasteiger partial charge in [0, 0.05) is 33.8 Å². The summed E-state index contributed by atoms with van der Waals surface area (Å²) >= 11 is 3.44. The number of nitrogens with two attached hydrogens (primary N) is 1. The molecule has 0 aliphatic rings. The van der Waals surface area contributed by atoms with Crippen LogP contribution in [-0.4, -0.2) is 34.5 Å². The molecule has 2 heterocycles. The summed E-state index contributed by atoms with van der Waals surface area (Å²) in [4.78, 5) is 36.2. The van der Waals surface area contributed by atoms with Crippen molar-refractivity contribution in [3.63, 3.8) is 0 Å². The van der Waals surface area contributed by atoms with Gasteiger partial charge in [-0.3, -0.25) is 14.2 Å². The molecule has 2 aromatic heterocycles. The Morgan fingerprint density at radius 1 is 1.28 bits per heavy atom. The first-order valence-corrected chi connectivity index (χ1v) is 9.00. The molecule has 0 atom stereocenters. The lowest BCUT2D eigenvalue weighted by molar-refractivity contribution is -0.112. The van der Waals surface area contributed by atoms with Gasteiger partial charge in [-0.25, -0.2) is 4.79 Å². The molecule has 0 aliphatic carbocycles. The lowest BCUT2D eigenvalue weighted by Gasteiger charge is -2.03. The van der Waals surface area contributed by atoms with E-state index in [1.807, 2.05) is 18.2 Å². The summed E-state index contributed by atoms with van der Waals surface area (Å²) in [5.41, 5.74) is 6.42. The lowest BCUT2D eigenvalue weighted by atomic mass is 9.99. The average molecular weight is 456 g/mol. The fraction of sp³-hybridized carbons (Fsp3) is 0.100. The molecule has 0 spiro atoms. The molecule has 3 aromatic rings. The van der Waals surface area contributed by atoms with Crippen molar-refractivity contribution in [3.05, 3.63) is 63.6 Å². The molecule has 0 radical (unpaired) electrons. The molecule has 0 unspecified atom stereocenters. The van der Waals surface area contributed by atoms with Crippen molar-refractivity contribution in [1.29, 1.82) is 0 Å². The molecule has 0 saturated carbocycles. The fourth-order valence-corrected chi connectivity index (χ4v) is 3.15. The van der Waals surface area contributed by atoms with Crippen molar-refractivity contribution >= 4 is 33.6 Å². The van der Waals surface area contributed by atoms with Crippen LogP contribution in [0, 0.1) is 18.9 Å². The van der Waals surface area contributed by atoms with Gasteiger partial charge in [-0.15, -0.1) is 0 Å². The number of hydrogen-bond donors (Lipinski definition) is 1. The number of ether oxygens (including phenoxy) is 1. The number of esters is 1. The van der Waals surface area contributed by atoms with E-state index in [2.05, 4.69) is 33.1 Å². The first-order valence-electron chi connectivity index (χ1n) is 8.21. The Labute approximate surface area is 173 Å². The number of nitrogens with zero attached hydrogens (tertiary/aromatic N) is 2. The second-order valence-electron chi connectivity index (χ2n) is 5.85. The van der Waals surface area contributed by atoms with Crippen LogP contribution in [-0.2, 0) is 9.53 Å². The van der Waals surface area contributed by atoms with Gasteiger partial charge in [-0.1, -0.05) is 39.3 Å². The molecule has 8 nitrogen and oxygen atoms in total. The summed E-state index contributed by atoms with van der Waals surface area (Å²) in [6.07, 6.45) is 1.32. The van der Waals surface area contributed by atoms with Gasteiger partial charge in [0.15, 0.2) is 5.78 Å². The van der Waals surface area contributed by atoms with Crippen LogP contribution >= 0.6 is 15.9 Å². The first kappa shape index (κ1) is 20.1. The third kappa shape index (κ3) is 3.97. The van der Waals surface area contributed by atoms with Gasteiger partial charge >= 0.3 is 5.97 Å². The third-order valence-corrected chi connectivity index (χ3v) is 4.69. The van der Waals surface area contributed by atoms with Crippen LogP contribution in [0.25, 0.3) is 11.3 Å². The number of carbonyl (C=O) groups excluding carboxylic acids is 3. The Hall–Kier alpha value is -3.64. The van der Waals surface area contributed by atoms with E-state index < -0.39 is 17.7 Å². The molecule has 29 heavy (non-hydrogen) atoms. The number of aromatic nitrogens is 2. The number of aryl methyl sites for hydroxylation is 1. The van der Waals surface area contributed by atoms with Crippen LogP contribution in [0.3, 0.4) is 0 Å². The Morgan fingerprint density at radius 3 is 2.66 bits per heavy atom. The smallest absolute Gasteiger partial charge is 0.355 e. The lowest BCUT2D eigenvalue weighted by Crippen LogP contribution is -2.09. The Morgan fingerprint density at radius 2 is 2.00 bits per heavy atom. The molecule has 0 fully saturated rings. The molecule has 146 valence electrons. The summed E-state index contributed by atoms with van der Waals surface area (Å²) in [7, 11) is 1.19. The molecule has 1 amide bonds. The maximum atomic E-state index is 13.2. The highest BCUT2D eigenvalue weighted by Crippen LogP contribution is 2.32. The second kappa shape index (κ2) is 8.16. The van der Waals surface area contributed by atoms with Crippen molar-refractivity contribution in [1.82, 2.24) is 9.72 Å². The van der Waals surface area contributed by atoms with E-state index in [-0.39, 0.29) is 16.8 Å². The highest BCUT2D eigenvalue weighted by Gasteiger charge is 2.26. The van der Waals surface area contributed by atoms with Crippen LogP contribution in [0.4, 0.5) is 0 Å². The highest BCUT2D eigenvalue weighted by atomic mass is 79.9. The largest absolute Gasteiger partial charge is 0.464 e. The van der Waals surface area contributed by atoms with Crippen LogP contribution < -0.4 is 5.73 Å². The summed E-state index contributed by atoms with van der Waals surface area (Å²) in [5, 5.41) is 4.02. The number of carbonyl (C=O) groups is 3. The van der Waals surface area contributed by atoms with Crippen molar-refractivity contribution in [2.24, 2.45) is 5.73 Å². The number of amides is 1. The minimum atomic E-state index is -0.881. The normalized spacial score (nSPS) is 10.2. The molecule has 0 aliphatic heterocycles. The number of rotatable bonds is 4. The molecule has 1 aromatic carbocycles. The minimum absolute atomic E-state index is 0.0267. The first-order chi connectivity index (χ1) is 13.8. The topological polar surface area (TPSA) is 117 Å². The molecule has 0 saturated heterocycles. The number of ketones is 1. The van der Waals surface area contributed by atoms with Crippen molar-refractivity contribution in [2.75, 3.05) is 7.11 Å². The summed E-state index contributed by atoms with van der Waals surface area (Å²) in [6, 6.07) is 11.0. The van der Waals surface area contributed by atoms with E-state index in [1.54, 1.807) is 13.0 Å². The average Bonchev–Trinajstić information content (AvgIpc) is 3.29. The van der Waals surface area contributed by atoms with Crippen LogP contribution in [0.2, 0.25) is 0 Å². The van der Waals surface area contributed by atoms with Crippen LogP contribution in [0.1, 0.15) is 32.2 Å². The van der Waals surface area contributed by atoms with Crippen molar-refractivity contribution < 1.29 is 23.6 Å². The minimum Gasteiger partial charge on any atom is -0.464 e. The summed E-state index contributed by atoms with van der Waals surface area (Å²) in [6.45, 7) is 1.62. The monoisotopic (exact) mass is 455 g/mol. The number of halogens is 1. The van der Waals surface area contributed by atoms with Crippen molar-refractivity contribution in [3.8, 4) is 23.2 Å². The molecule has 9 heteroatoms. The predicted octanol–water partition coefficient (Wildman–Crippen LogP) is 2.53. The van der Waals surface area contributed by atoms with E-state index in [4.69, 9.17) is 15.0 Å². The Bertz CT molecular complexity index is 1200. The zero-order valence-electron chi connectivity index (χ0n) is 15.4. The number of methoxy groups -OCH3 is 1. The van der Waals surface area contributed by atoms with Gasteiger partial charge in [0.2, 0.25) is 0 Å². The summed E-state index contributed by atoms with van der Waals surface area (Å²) < 4.78 is 11.8. The van der Waals surface area contributed by atoms with Crippen molar-refractivity contribution in [2.45, 2.75) is 6.92 Å². The van der Waals surface area contributed by atoms with E-state index in [9.17, 15) is 14.4 Å². The second-order valence-corrected chi connectivity index (χ2v) is 6.70. The van der Waals surface area contributed by atoms with E-state index in [1.165, 1.54) is 19.4 Å².